The van der Waals surface area contributed by atoms with E-state index in [4.69, 9.17) is 5.26 Å². The lowest BCUT2D eigenvalue weighted by atomic mass is 9.79. The van der Waals surface area contributed by atoms with E-state index < -0.39 is 0 Å². The average molecular weight is 280 g/mol. The standard InChI is InChI=1S/C19H24N2/c1-12-3-5-16(9-14(12)11-20)21-15-6-4-13-10-17-18(13)19(17,2)8-7-15/h3,5,9,13,15,17-18,21H,4,6-8,10H2,1-2H3. The van der Waals surface area contributed by atoms with Crippen molar-refractivity contribution in [3.05, 3.63) is 29.3 Å². The van der Waals surface area contributed by atoms with Crippen LogP contribution in [0.15, 0.2) is 18.2 Å². The Morgan fingerprint density at radius 2 is 2.14 bits per heavy atom. The number of hydrogen-bond donors (Lipinski definition) is 1. The predicted molar refractivity (Wildman–Crippen MR) is 85.0 cm³/mol. The van der Waals surface area contributed by atoms with Gasteiger partial charge in [0.1, 0.15) is 0 Å². The van der Waals surface area contributed by atoms with Gasteiger partial charge in [-0.3, -0.25) is 0 Å². The van der Waals surface area contributed by atoms with Gasteiger partial charge in [0.15, 0.2) is 0 Å². The van der Waals surface area contributed by atoms with E-state index in [1.807, 2.05) is 13.0 Å². The highest BCUT2D eigenvalue weighted by atomic mass is 14.9. The van der Waals surface area contributed by atoms with Crippen LogP contribution in [0.2, 0.25) is 0 Å². The second kappa shape index (κ2) is 4.50. The molecule has 4 rings (SSSR count). The Morgan fingerprint density at radius 3 is 2.95 bits per heavy atom. The van der Waals surface area contributed by atoms with Crippen molar-refractivity contribution in [2.24, 2.45) is 23.2 Å². The Hall–Kier alpha value is -1.49. The summed E-state index contributed by atoms with van der Waals surface area (Å²) in [4.78, 5) is 0. The topological polar surface area (TPSA) is 35.8 Å². The molecule has 5 unspecified atom stereocenters. The molecule has 3 aliphatic rings. The van der Waals surface area contributed by atoms with E-state index in [2.05, 4.69) is 30.4 Å². The smallest absolute Gasteiger partial charge is 0.0995 e. The maximum absolute atomic E-state index is 9.17. The predicted octanol–water partition coefficient (Wildman–Crippen LogP) is 4.49. The first kappa shape index (κ1) is 13.2. The Kier molecular flexibility index (Phi) is 2.83. The van der Waals surface area contributed by atoms with E-state index >= 15 is 0 Å². The van der Waals surface area contributed by atoms with E-state index in [1.54, 1.807) is 0 Å². The molecule has 0 radical (unpaired) electrons. The van der Waals surface area contributed by atoms with Crippen LogP contribution in [0.3, 0.4) is 0 Å². The fourth-order valence-electron chi connectivity index (χ4n) is 5.17. The molecule has 3 aliphatic carbocycles. The first-order chi connectivity index (χ1) is 10.1. The zero-order chi connectivity index (χ0) is 14.6. The van der Waals surface area contributed by atoms with Crippen LogP contribution in [0.5, 0.6) is 0 Å². The maximum atomic E-state index is 9.17. The van der Waals surface area contributed by atoms with Gasteiger partial charge in [0.2, 0.25) is 0 Å². The van der Waals surface area contributed by atoms with Gasteiger partial charge < -0.3 is 5.32 Å². The van der Waals surface area contributed by atoms with Gasteiger partial charge in [0, 0.05) is 11.7 Å². The summed E-state index contributed by atoms with van der Waals surface area (Å²) in [5, 5.41) is 12.9. The quantitative estimate of drug-likeness (QED) is 0.866. The molecule has 2 nitrogen and oxygen atoms in total. The first-order valence-electron chi connectivity index (χ1n) is 8.39. The van der Waals surface area contributed by atoms with Gasteiger partial charge in [-0.1, -0.05) is 13.0 Å². The van der Waals surface area contributed by atoms with Gasteiger partial charge in [-0.25, -0.2) is 0 Å². The molecule has 3 fully saturated rings. The molecule has 0 heterocycles. The molecule has 0 saturated heterocycles. The van der Waals surface area contributed by atoms with E-state index in [0.717, 1.165) is 34.6 Å². The second-order valence-electron chi connectivity index (χ2n) is 7.73. The number of rotatable bonds is 2. The minimum absolute atomic E-state index is 0.582. The minimum atomic E-state index is 0.582. The Bertz CT molecular complexity index is 614. The van der Waals surface area contributed by atoms with Gasteiger partial charge in [-0.15, -0.1) is 0 Å². The number of nitrogens with one attached hydrogen (secondary N) is 1. The molecule has 1 aromatic carbocycles. The zero-order valence-electron chi connectivity index (χ0n) is 13.0. The van der Waals surface area contributed by atoms with Crippen LogP contribution in [0.1, 0.15) is 50.2 Å². The van der Waals surface area contributed by atoms with Gasteiger partial charge in [0.05, 0.1) is 11.6 Å². The fraction of sp³-hybridized carbons (Fsp3) is 0.632. The number of fused-ring (bicyclic) bond motifs is 1. The van der Waals surface area contributed by atoms with Crippen molar-refractivity contribution in [1.29, 1.82) is 5.26 Å². The van der Waals surface area contributed by atoms with Crippen molar-refractivity contribution in [3.8, 4) is 6.07 Å². The highest BCUT2D eigenvalue weighted by molar-refractivity contribution is 5.53. The molecule has 110 valence electrons. The van der Waals surface area contributed by atoms with E-state index in [1.165, 1.54) is 32.1 Å². The summed E-state index contributed by atoms with van der Waals surface area (Å²) >= 11 is 0. The average Bonchev–Trinajstić information content (AvgIpc) is 2.88. The van der Waals surface area contributed by atoms with E-state index in [0.29, 0.717) is 11.5 Å². The molecule has 0 aromatic heterocycles. The van der Waals surface area contributed by atoms with Crippen LogP contribution in [0.25, 0.3) is 0 Å². The third-order valence-corrected chi connectivity index (χ3v) is 6.64. The van der Waals surface area contributed by atoms with Gasteiger partial charge in [-0.2, -0.15) is 5.26 Å². The number of nitrogens with zero attached hydrogens (tertiary/aromatic N) is 1. The lowest BCUT2D eigenvalue weighted by Crippen LogP contribution is -2.25. The fourth-order valence-corrected chi connectivity index (χ4v) is 5.17. The molecule has 5 atom stereocenters. The van der Waals surface area contributed by atoms with Crippen LogP contribution >= 0.6 is 0 Å². The third-order valence-electron chi connectivity index (χ3n) is 6.64. The number of aryl methyl sites for hydroxylation is 1. The van der Waals surface area contributed by atoms with Gasteiger partial charge >= 0.3 is 0 Å². The van der Waals surface area contributed by atoms with Crippen molar-refractivity contribution in [2.45, 2.75) is 52.0 Å². The highest BCUT2D eigenvalue weighted by Gasteiger charge is 2.70. The molecular formula is C19H24N2. The molecule has 0 bridgehead atoms. The van der Waals surface area contributed by atoms with Gasteiger partial charge in [0.25, 0.3) is 0 Å². The van der Waals surface area contributed by atoms with E-state index in [-0.39, 0.29) is 0 Å². The minimum Gasteiger partial charge on any atom is -0.382 e. The summed E-state index contributed by atoms with van der Waals surface area (Å²) in [7, 11) is 0. The summed E-state index contributed by atoms with van der Waals surface area (Å²) in [5.74, 6) is 3.14. The molecule has 0 spiro atoms. The summed E-state index contributed by atoms with van der Waals surface area (Å²) in [6.07, 6.45) is 6.85. The molecule has 1 aromatic rings. The van der Waals surface area contributed by atoms with Crippen molar-refractivity contribution >= 4 is 5.69 Å². The third kappa shape index (κ3) is 1.98. The lowest BCUT2D eigenvalue weighted by molar-refractivity contribution is 0.248. The second-order valence-corrected chi connectivity index (χ2v) is 7.73. The molecular weight excluding hydrogens is 256 g/mol. The molecule has 2 heteroatoms. The largest absolute Gasteiger partial charge is 0.382 e. The normalized spacial score (nSPS) is 40.0. The lowest BCUT2D eigenvalue weighted by Gasteiger charge is -2.29. The maximum Gasteiger partial charge on any atom is 0.0995 e. The molecule has 0 amide bonds. The zero-order valence-corrected chi connectivity index (χ0v) is 13.0. The van der Waals surface area contributed by atoms with Crippen LogP contribution in [0.4, 0.5) is 5.69 Å². The molecule has 21 heavy (non-hydrogen) atoms. The summed E-state index contributed by atoms with van der Waals surface area (Å²) < 4.78 is 0. The SMILES string of the molecule is Cc1ccc(NC2CCC3CC4C3C4(C)CC2)cc1C#N. The van der Waals surface area contributed by atoms with Crippen LogP contribution in [-0.4, -0.2) is 6.04 Å². The molecule has 0 aliphatic heterocycles. The monoisotopic (exact) mass is 280 g/mol. The highest BCUT2D eigenvalue weighted by Crippen LogP contribution is 2.76. The number of nitriles is 1. The summed E-state index contributed by atoms with van der Waals surface area (Å²) in [6, 6.07) is 9.06. The molecule has 1 N–H and O–H groups in total. The first-order valence-corrected chi connectivity index (χ1v) is 8.39. The number of hydrogen-bond acceptors (Lipinski definition) is 2. The van der Waals surface area contributed by atoms with Crippen LogP contribution < -0.4 is 5.32 Å². The summed E-state index contributed by atoms with van der Waals surface area (Å²) in [5.41, 5.74) is 3.65. The van der Waals surface area contributed by atoms with E-state index in [9.17, 15) is 0 Å². The Labute approximate surface area is 127 Å². The summed E-state index contributed by atoms with van der Waals surface area (Å²) in [6.45, 7) is 4.52. The van der Waals surface area contributed by atoms with Crippen LogP contribution in [-0.2, 0) is 0 Å². The Morgan fingerprint density at radius 1 is 1.29 bits per heavy atom. The van der Waals surface area contributed by atoms with Crippen molar-refractivity contribution in [1.82, 2.24) is 0 Å². The van der Waals surface area contributed by atoms with Crippen molar-refractivity contribution in [2.75, 3.05) is 5.32 Å². The van der Waals surface area contributed by atoms with Crippen molar-refractivity contribution in [3.63, 3.8) is 0 Å². The number of anilines is 1. The van der Waals surface area contributed by atoms with Crippen LogP contribution in [0, 0.1) is 41.4 Å². The number of benzene rings is 1. The van der Waals surface area contributed by atoms with Crippen molar-refractivity contribution < 1.29 is 0 Å². The molecule has 3 saturated carbocycles. The van der Waals surface area contributed by atoms with Gasteiger partial charge in [-0.05, 0) is 79.9 Å². The Balaban J connectivity index is 1.46.